The molecule has 0 bridgehead atoms. The number of nitrogens with zero attached hydrogens (tertiary/aromatic N) is 1. The summed E-state index contributed by atoms with van der Waals surface area (Å²) in [6, 6.07) is 0. The number of nitrogens with one attached hydrogen (secondary N) is 2. The summed E-state index contributed by atoms with van der Waals surface area (Å²) < 4.78 is 5.82. The minimum atomic E-state index is 0.467. The van der Waals surface area contributed by atoms with Gasteiger partial charge in [0, 0.05) is 30.6 Å². The van der Waals surface area contributed by atoms with Gasteiger partial charge in [0.15, 0.2) is 0 Å². The van der Waals surface area contributed by atoms with E-state index in [0.717, 1.165) is 57.7 Å². The number of aryl methyl sites for hydroxylation is 1. The second kappa shape index (κ2) is 7.84. The highest BCUT2D eigenvalue weighted by atomic mass is 32.1. The summed E-state index contributed by atoms with van der Waals surface area (Å²) in [5.41, 5.74) is 1.13. The van der Waals surface area contributed by atoms with Gasteiger partial charge in [0.2, 0.25) is 0 Å². The molecule has 1 aromatic rings. The molecule has 2 N–H and O–H groups in total. The van der Waals surface area contributed by atoms with E-state index < -0.39 is 0 Å². The van der Waals surface area contributed by atoms with E-state index in [1.54, 1.807) is 11.3 Å². The number of thiazole rings is 1. The summed E-state index contributed by atoms with van der Waals surface area (Å²) in [6.45, 7) is 6.99. The first-order valence-corrected chi connectivity index (χ1v) is 7.66. The smallest absolute Gasteiger partial charge is 0.0940 e. The number of piperidine rings is 1. The first-order valence-electron chi connectivity index (χ1n) is 6.78. The summed E-state index contributed by atoms with van der Waals surface area (Å²) >= 11 is 1.75. The molecular weight excluding hydrogens is 246 g/mol. The first kappa shape index (κ1) is 13.9. The molecule has 1 fully saturated rings. The Morgan fingerprint density at radius 2 is 2.28 bits per heavy atom. The fourth-order valence-corrected chi connectivity index (χ4v) is 2.87. The Bertz CT molecular complexity index is 337. The number of rotatable bonds is 7. The lowest BCUT2D eigenvalue weighted by Crippen LogP contribution is -2.34. The maximum Gasteiger partial charge on any atom is 0.0940 e. The third-order valence-electron chi connectivity index (χ3n) is 3.10. The van der Waals surface area contributed by atoms with Crippen LogP contribution in [-0.4, -0.2) is 43.9 Å². The predicted molar refractivity (Wildman–Crippen MR) is 75.3 cm³/mol. The standard InChI is InChI=1S/C13H23N3OS/c1-11-10-18-13(16-11)4-7-15-8-9-17-12-2-5-14-6-3-12/h10,12,14-15H,2-9H2,1H3. The average Bonchev–Trinajstić information content (AvgIpc) is 2.81. The summed E-state index contributed by atoms with van der Waals surface area (Å²) in [7, 11) is 0. The average molecular weight is 269 g/mol. The first-order chi connectivity index (χ1) is 8.84. The molecule has 1 aliphatic heterocycles. The van der Waals surface area contributed by atoms with Gasteiger partial charge in [0.1, 0.15) is 0 Å². The molecule has 0 saturated carbocycles. The Balaban J connectivity index is 1.46. The van der Waals surface area contributed by atoms with Crippen LogP contribution in [0.2, 0.25) is 0 Å². The van der Waals surface area contributed by atoms with Crippen LogP contribution in [0, 0.1) is 6.92 Å². The molecule has 1 aliphatic rings. The Morgan fingerprint density at radius 3 is 3.00 bits per heavy atom. The highest BCUT2D eigenvalue weighted by Gasteiger charge is 2.12. The molecule has 2 heterocycles. The minimum absolute atomic E-state index is 0.467. The van der Waals surface area contributed by atoms with Gasteiger partial charge >= 0.3 is 0 Å². The van der Waals surface area contributed by atoms with Crippen molar-refractivity contribution in [2.75, 3.05) is 32.8 Å². The van der Waals surface area contributed by atoms with Gasteiger partial charge in [-0.3, -0.25) is 0 Å². The lowest BCUT2D eigenvalue weighted by atomic mass is 10.1. The highest BCUT2D eigenvalue weighted by Crippen LogP contribution is 2.08. The molecule has 1 saturated heterocycles. The molecule has 0 radical (unpaired) electrons. The third kappa shape index (κ3) is 5.02. The Hall–Kier alpha value is -0.490. The topological polar surface area (TPSA) is 46.2 Å². The molecule has 5 heteroatoms. The van der Waals surface area contributed by atoms with E-state index >= 15 is 0 Å². The molecule has 4 nitrogen and oxygen atoms in total. The zero-order valence-corrected chi connectivity index (χ0v) is 11.9. The van der Waals surface area contributed by atoms with Crippen molar-refractivity contribution in [3.63, 3.8) is 0 Å². The Morgan fingerprint density at radius 1 is 1.44 bits per heavy atom. The van der Waals surface area contributed by atoms with Gasteiger partial charge in [0.05, 0.1) is 17.7 Å². The van der Waals surface area contributed by atoms with Crippen LogP contribution in [0.25, 0.3) is 0 Å². The Kier molecular flexibility index (Phi) is 6.07. The number of hydrogen-bond donors (Lipinski definition) is 2. The van der Waals surface area contributed by atoms with E-state index in [2.05, 4.69) is 21.0 Å². The van der Waals surface area contributed by atoms with Crippen molar-refractivity contribution < 1.29 is 4.74 Å². The Labute approximate surface area is 113 Å². The van der Waals surface area contributed by atoms with E-state index in [0.29, 0.717) is 6.10 Å². The van der Waals surface area contributed by atoms with Crippen LogP contribution in [0.1, 0.15) is 23.5 Å². The molecule has 0 unspecified atom stereocenters. The van der Waals surface area contributed by atoms with Crippen molar-refractivity contribution >= 4 is 11.3 Å². The van der Waals surface area contributed by atoms with E-state index in [-0.39, 0.29) is 0 Å². The van der Waals surface area contributed by atoms with Crippen molar-refractivity contribution in [1.29, 1.82) is 0 Å². The predicted octanol–water partition coefficient (Wildman–Crippen LogP) is 1.35. The number of aromatic nitrogens is 1. The number of ether oxygens (including phenoxy) is 1. The summed E-state index contributed by atoms with van der Waals surface area (Å²) in [5, 5.41) is 10.1. The van der Waals surface area contributed by atoms with Crippen molar-refractivity contribution in [2.45, 2.75) is 32.3 Å². The fraction of sp³-hybridized carbons (Fsp3) is 0.769. The zero-order valence-electron chi connectivity index (χ0n) is 11.1. The molecule has 0 amide bonds. The molecule has 0 aliphatic carbocycles. The molecule has 0 spiro atoms. The SMILES string of the molecule is Cc1csc(CCNCCOC2CCNCC2)n1. The second-order valence-corrected chi connectivity index (χ2v) is 5.65. The lowest BCUT2D eigenvalue weighted by molar-refractivity contribution is 0.0349. The van der Waals surface area contributed by atoms with Gasteiger partial charge in [-0.2, -0.15) is 0 Å². The molecule has 0 atom stereocenters. The van der Waals surface area contributed by atoms with Crippen LogP contribution in [-0.2, 0) is 11.2 Å². The van der Waals surface area contributed by atoms with Crippen LogP contribution in [0.15, 0.2) is 5.38 Å². The number of hydrogen-bond acceptors (Lipinski definition) is 5. The van der Waals surface area contributed by atoms with Gasteiger partial charge in [-0.05, 0) is 32.9 Å². The molecular formula is C13H23N3OS. The minimum Gasteiger partial charge on any atom is -0.377 e. The molecule has 2 rings (SSSR count). The highest BCUT2D eigenvalue weighted by molar-refractivity contribution is 7.09. The molecule has 0 aromatic carbocycles. The van der Waals surface area contributed by atoms with Crippen molar-refractivity contribution in [3.8, 4) is 0 Å². The fourth-order valence-electron chi connectivity index (χ4n) is 2.10. The van der Waals surface area contributed by atoms with E-state index in [4.69, 9.17) is 4.74 Å². The van der Waals surface area contributed by atoms with Crippen LogP contribution in [0.4, 0.5) is 0 Å². The summed E-state index contributed by atoms with van der Waals surface area (Å²) in [4.78, 5) is 4.44. The second-order valence-electron chi connectivity index (χ2n) is 4.70. The maximum absolute atomic E-state index is 5.82. The molecule has 1 aromatic heterocycles. The van der Waals surface area contributed by atoms with E-state index in [1.807, 2.05) is 6.92 Å². The largest absolute Gasteiger partial charge is 0.377 e. The van der Waals surface area contributed by atoms with Crippen LogP contribution >= 0.6 is 11.3 Å². The molecule has 18 heavy (non-hydrogen) atoms. The quantitative estimate of drug-likeness (QED) is 0.734. The van der Waals surface area contributed by atoms with Crippen molar-refractivity contribution in [2.24, 2.45) is 0 Å². The van der Waals surface area contributed by atoms with E-state index in [1.165, 1.54) is 5.01 Å². The zero-order chi connectivity index (χ0) is 12.6. The maximum atomic E-state index is 5.82. The van der Waals surface area contributed by atoms with Crippen LogP contribution < -0.4 is 10.6 Å². The van der Waals surface area contributed by atoms with E-state index in [9.17, 15) is 0 Å². The van der Waals surface area contributed by atoms with Crippen LogP contribution in [0.5, 0.6) is 0 Å². The van der Waals surface area contributed by atoms with Gasteiger partial charge in [-0.1, -0.05) is 0 Å². The van der Waals surface area contributed by atoms with Crippen LogP contribution in [0.3, 0.4) is 0 Å². The van der Waals surface area contributed by atoms with Crippen molar-refractivity contribution in [1.82, 2.24) is 15.6 Å². The normalized spacial score (nSPS) is 17.2. The van der Waals surface area contributed by atoms with Gasteiger partial charge in [-0.15, -0.1) is 11.3 Å². The van der Waals surface area contributed by atoms with Gasteiger partial charge in [0.25, 0.3) is 0 Å². The summed E-state index contributed by atoms with van der Waals surface area (Å²) in [5.74, 6) is 0. The van der Waals surface area contributed by atoms with Gasteiger partial charge in [-0.25, -0.2) is 4.98 Å². The lowest BCUT2D eigenvalue weighted by Gasteiger charge is -2.22. The monoisotopic (exact) mass is 269 g/mol. The summed E-state index contributed by atoms with van der Waals surface area (Å²) in [6.07, 6.45) is 3.79. The third-order valence-corrected chi connectivity index (χ3v) is 4.13. The van der Waals surface area contributed by atoms with Crippen molar-refractivity contribution in [3.05, 3.63) is 16.1 Å². The molecule has 102 valence electrons. The van der Waals surface area contributed by atoms with Gasteiger partial charge < -0.3 is 15.4 Å².